The predicted molar refractivity (Wildman–Crippen MR) is 184 cm³/mol. The Bertz CT molecular complexity index is 1760. The average Bonchev–Trinajstić information content (AvgIpc) is 3.02. The highest BCUT2D eigenvalue weighted by Crippen LogP contribution is 2.41. The summed E-state index contributed by atoms with van der Waals surface area (Å²) in [5.74, 6) is 0. The number of fused-ring (bicyclic) bond motifs is 1. The number of hydrogen-bond acceptors (Lipinski definition) is 0. The van der Waals surface area contributed by atoms with Crippen LogP contribution >= 0.6 is 31.9 Å². The lowest BCUT2D eigenvalue weighted by atomic mass is 9.70. The topological polar surface area (TPSA) is 0 Å². The molecule has 0 aliphatic heterocycles. The van der Waals surface area contributed by atoms with Crippen molar-refractivity contribution in [2.75, 3.05) is 0 Å². The van der Waals surface area contributed by atoms with Gasteiger partial charge in [0.2, 0.25) is 0 Å². The van der Waals surface area contributed by atoms with Crippen LogP contribution in [0.15, 0.2) is 148 Å². The number of benzene rings is 6. The van der Waals surface area contributed by atoms with Gasteiger partial charge in [0.1, 0.15) is 0 Å². The van der Waals surface area contributed by atoms with Gasteiger partial charge in [0.15, 0.2) is 0 Å². The molecule has 0 saturated heterocycles. The molecule has 6 aromatic rings. The van der Waals surface area contributed by atoms with Gasteiger partial charge in [-0.15, -0.1) is 0 Å². The summed E-state index contributed by atoms with van der Waals surface area (Å²) in [6.45, 7) is 2.36. The zero-order valence-electron chi connectivity index (χ0n) is 23.4. The zero-order valence-corrected chi connectivity index (χ0v) is 26.6. The Morgan fingerprint density at radius 1 is 0.381 bits per heavy atom. The molecular formula is C40H30Br2. The third-order valence-corrected chi connectivity index (χ3v) is 10.0. The van der Waals surface area contributed by atoms with Gasteiger partial charge in [0, 0.05) is 14.4 Å². The molecule has 204 valence electrons. The van der Waals surface area contributed by atoms with E-state index in [9.17, 15) is 0 Å². The third kappa shape index (κ3) is 5.08. The second-order valence-electron chi connectivity index (χ2n) is 11.4. The molecule has 0 amide bonds. The van der Waals surface area contributed by atoms with E-state index in [1.807, 2.05) is 0 Å². The maximum Gasteiger partial charge on any atom is 0.0423 e. The highest BCUT2D eigenvalue weighted by atomic mass is 79.9. The van der Waals surface area contributed by atoms with Crippen molar-refractivity contribution in [2.45, 2.75) is 25.2 Å². The normalized spacial score (nSPS) is 12.5. The quantitative estimate of drug-likeness (QED) is 0.155. The SMILES string of the molecule is CC(c1ccc(-c2ccc(Br)cc2)cc1)(c1ccc(-c2ccc(Br)cc2)cc1)c1ccc(-c2ccc3c(c2)CC3)cc1. The lowest BCUT2D eigenvalue weighted by Gasteiger charge is -2.32. The molecule has 0 saturated carbocycles. The van der Waals surface area contributed by atoms with Crippen LogP contribution in [0.5, 0.6) is 0 Å². The predicted octanol–water partition coefficient (Wildman–Crippen LogP) is 11.7. The van der Waals surface area contributed by atoms with Crippen molar-refractivity contribution < 1.29 is 0 Å². The molecule has 6 aromatic carbocycles. The van der Waals surface area contributed by atoms with Crippen LogP contribution < -0.4 is 0 Å². The molecule has 0 N–H and O–H groups in total. The van der Waals surface area contributed by atoms with Gasteiger partial charge >= 0.3 is 0 Å². The second kappa shape index (κ2) is 11.2. The van der Waals surface area contributed by atoms with E-state index >= 15 is 0 Å². The van der Waals surface area contributed by atoms with E-state index in [1.165, 1.54) is 74.0 Å². The molecule has 2 heteroatoms. The summed E-state index contributed by atoms with van der Waals surface area (Å²) >= 11 is 7.12. The maximum atomic E-state index is 3.56. The molecule has 0 aromatic heterocycles. The summed E-state index contributed by atoms with van der Waals surface area (Å²) < 4.78 is 2.18. The summed E-state index contributed by atoms with van der Waals surface area (Å²) in [6.07, 6.45) is 2.42. The van der Waals surface area contributed by atoms with E-state index in [2.05, 4.69) is 178 Å². The van der Waals surface area contributed by atoms with E-state index < -0.39 is 0 Å². The van der Waals surface area contributed by atoms with Gasteiger partial charge in [0.25, 0.3) is 0 Å². The molecule has 0 heterocycles. The minimum atomic E-state index is -0.324. The molecule has 0 atom stereocenters. The molecule has 0 fully saturated rings. The first-order valence-corrected chi connectivity index (χ1v) is 16.0. The standard InChI is InChI=1S/C40H30Br2/c1-40(35-16-6-27(7-17-35)29-12-22-38(41)23-13-29,36-18-8-28(9-19-36)30-14-24-39(42)25-15-30)37-20-10-32(11-21-37)34-5-3-31-2-4-33(31)26-34/h3,5-26H,2,4H2,1H3. The van der Waals surface area contributed by atoms with Crippen LogP contribution in [0.25, 0.3) is 33.4 Å². The summed E-state index contributed by atoms with van der Waals surface area (Å²) in [4.78, 5) is 0. The maximum absolute atomic E-state index is 3.56. The highest BCUT2D eigenvalue weighted by molar-refractivity contribution is 9.10. The lowest BCUT2D eigenvalue weighted by molar-refractivity contribution is 0.693. The van der Waals surface area contributed by atoms with Crippen LogP contribution in [-0.2, 0) is 18.3 Å². The molecule has 1 aliphatic carbocycles. The van der Waals surface area contributed by atoms with E-state index in [4.69, 9.17) is 0 Å². The van der Waals surface area contributed by atoms with Crippen molar-refractivity contribution in [1.29, 1.82) is 0 Å². The highest BCUT2D eigenvalue weighted by Gasteiger charge is 2.31. The second-order valence-corrected chi connectivity index (χ2v) is 13.2. The Balaban J connectivity index is 1.29. The third-order valence-electron chi connectivity index (χ3n) is 8.95. The molecule has 0 nitrogen and oxygen atoms in total. The van der Waals surface area contributed by atoms with Crippen molar-refractivity contribution in [3.63, 3.8) is 0 Å². The van der Waals surface area contributed by atoms with Crippen LogP contribution in [-0.4, -0.2) is 0 Å². The van der Waals surface area contributed by atoms with Gasteiger partial charge in [-0.2, -0.15) is 0 Å². The van der Waals surface area contributed by atoms with E-state index in [0.717, 1.165) is 8.95 Å². The Morgan fingerprint density at radius 3 is 1.02 bits per heavy atom. The summed E-state index contributed by atoms with van der Waals surface area (Å²) in [5.41, 5.74) is 13.9. The fourth-order valence-electron chi connectivity index (χ4n) is 6.15. The van der Waals surface area contributed by atoms with E-state index in [0.29, 0.717) is 0 Å². The molecule has 0 unspecified atom stereocenters. The number of halogens is 2. The number of hydrogen-bond donors (Lipinski definition) is 0. The molecule has 0 bridgehead atoms. The number of rotatable bonds is 6. The minimum Gasteiger partial charge on any atom is -0.0581 e. The Labute approximate surface area is 265 Å². The Kier molecular flexibility index (Phi) is 7.22. The lowest BCUT2D eigenvalue weighted by Crippen LogP contribution is -2.25. The molecule has 7 rings (SSSR count). The zero-order chi connectivity index (χ0) is 28.7. The Morgan fingerprint density at radius 2 is 0.690 bits per heavy atom. The smallest absolute Gasteiger partial charge is 0.0423 e. The summed E-state index contributed by atoms with van der Waals surface area (Å²) in [6, 6.07) is 51.4. The van der Waals surface area contributed by atoms with Crippen molar-refractivity contribution in [3.05, 3.63) is 176 Å². The van der Waals surface area contributed by atoms with Crippen LogP contribution in [0.1, 0.15) is 34.7 Å². The summed E-state index contributed by atoms with van der Waals surface area (Å²) in [7, 11) is 0. The molecule has 1 aliphatic rings. The van der Waals surface area contributed by atoms with Gasteiger partial charge in [-0.05, 0) is 105 Å². The van der Waals surface area contributed by atoms with Crippen molar-refractivity contribution >= 4 is 31.9 Å². The largest absolute Gasteiger partial charge is 0.0581 e. The molecular weight excluding hydrogens is 640 g/mol. The van der Waals surface area contributed by atoms with Crippen LogP contribution in [0.4, 0.5) is 0 Å². The van der Waals surface area contributed by atoms with Crippen LogP contribution in [0.3, 0.4) is 0 Å². The molecule has 0 spiro atoms. The van der Waals surface area contributed by atoms with Gasteiger partial charge in [-0.3, -0.25) is 0 Å². The molecule has 0 radical (unpaired) electrons. The summed E-state index contributed by atoms with van der Waals surface area (Å²) in [5, 5.41) is 0. The van der Waals surface area contributed by atoms with E-state index in [-0.39, 0.29) is 5.41 Å². The van der Waals surface area contributed by atoms with Gasteiger partial charge in [-0.25, -0.2) is 0 Å². The fourth-order valence-corrected chi connectivity index (χ4v) is 6.68. The average molecular weight is 670 g/mol. The van der Waals surface area contributed by atoms with E-state index in [1.54, 1.807) is 0 Å². The van der Waals surface area contributed by atoms with Gasteiger partial charge in [-0.1, -0.05) is 147 Å². The first-order chi connectivity index (χ1) is 20.5. The first-order valence-electron chi connectivity index (χ1n) is 14.4. The fraction of sp³-hybridized carbons (Fsp3) is 0.100. The van der Waals surface area contributed by atoms with Crippen molar-refractivity contribution in [1.82, 2.24) is 0 Å². The van der Waals surface area contributed by atoms with Gasteiger partial charge < -0.3 is 0 Å². The van der Waals surface area contributed by atoms with Crippen LogP contribution in [0, 0.1) is 0 Å². The van der Waals surface area contributed by atoms with Crippen molar-refractivity contribution in [2.24, 2.45) is 0 Å². The monoisotopic (exact) mass is 668 g/mol. The van der Waals surface area contributed by atoms with Gasteiger partial charge in [0.05, 0.1) is 0 Å². The number of aryl methyl sites for hydroxylation is 2. The first kappa shape index (κ1) is 27.1. The molecule has 42 heavy (non-hydrogen) atoms. The van der Waals surface area contributed by atoms with Crippen LogP contribution in [0.2, 0.25) is 0 Å². The Hall–Kier alpha value is -3.72. The van der Waals surface area contributed by atoms with Crippen molar-refractivity contribution in [3.8, 4) is 33.4 Å². The minimum absolute atomic E-state index is 0.324.